The first-order valence-electron chi connectivity index (χ1n) is 7.61. The van der Waals surface area contributed by atoms with Crippen LogP contribution in [0, 0.1) is 0 Å². The maximum atomic E-state index is 11.8. The lowest BCUT2D eigenvalue weighted by Crippen LogP contribution is -2.15. The number of carbonyl (C=O) groups is 2. The highest BCUT2D eigenvalue weighted by molar-refractivity contribution is 5.99. The van der Waals surface area contributed by atoms with Crippen LogP contribution in [0.1, 0.15) is 25.7 Å². The van der Waals surface area contributed by atoms with Gasteiger partial charge >= 0.3 is 11.9 Å². The van der Waals surface area contributed by atoms with Crippen LogP contribution in [0.3, 0.4) is 0 Å². The van der Waals surface area contributed by atoms with E-state index < -0.39 is 11.9 Å². The van der Waals surface area contributed by atoms with Crippen LogP contribution in [0.2, 0.25) is 0 Å². The zero-order chi connectivity index (χ0) is 17.5. The normalized spacial score (nSPS) is 11.4. The summed E-state index contributed by atoms with van der Waals surface area (Å²) < 4.78 is 14.8. The number of nitrogens with zero attached hydrogens (tertiary/aromatic N) is 1. The molecule has 0 aliphatic carbocycles. The maximum absolute atomic E-state index is 11.8. The minimum atomic E-state index is -0.677. The minimum absolute atomic E-state index is 0.0293. The average molecular weight is 332 g/mol. The number of nitrogens with one attached hydrogen (secondary N) is 1. The van der Waals surface area contributed by atoms with Crippen molar-refractivity contribution in [2.45, 2.75) is 26.2 Å². The van der Waals surface area contributed by atoms with Crippen molar-refractivity contribution in [3.63, 3.8) is 0 Å². The molecule has 1 aromatic heterocycles. The number of rotatable bonds is 7. The van der Waals surface area contributed by atoms with Gasteiger partial charge in [0.15, 0.2) is 11.5 Å². The van der Waals surface area contributed by atoms with Crippen LogP contribution in [0.25, 0.3) is 11.1 Å². The number of unbranched alkanes of at least 4 members (excludes halogenated alkanes) is 1. The van der Waals surface area contributed by atoms with E-state index in [1.807, 2.05) is 0 Å². The first-order chi connectivity index (χ1) is 11.6. The third-order valence-corrected chi connectivity index (χ3v) is 3.32. The van der Waals surface area contributed by atoms with Crippen LogP contribution >= 0.6 is 0 Å². The molecule has 1 heterocycles. The summed E-state index contributed by atoms with van der Waals surface area (Å²) in [5.74, 6) is -0.654. The largest absolute Gasteiger partial charge is 0.466 e. The van der Waals surface area contributed by atoms with Crippen molar-refractivity contribution in [3.05, 3.63) is 35.9 Å². The van der Waals surface area contributed by atoms with Crippen LogP contribution in [-0.4, -0.2) is 31.1 Å². The highest BCUT2D eigenvalue weighted by Crippen LogP contribution is 2.22. The van der Waals surface area contributed by atoms with Gasteiger partial charge in [-0.25, -0.2) is 14.6 Å². The van der Waals surface area contributed by atoms with E-state index in [1.54, 1.807) is 18.2 Å². The molecule has 0 bridgehead atoms. The molecular weight excluding hydrogens is 312 g/mol. The van der Waals surface area contributed by atoms with Gasteiger partial charge in [-0.2, -0.15) is 0 Å². The summed E-state index contributed by atoms with van der Waals surface area (Å²) in [5, 5.41) is 2.84. The summed E-state index contributed by atoms with van der Waals surface area (Å²) >= 11 is 0. The fourth-order valence-corrected chi connectivity index (χ4v) is 2.08. The van der Waals surface area contributed by atoms with E-state index in [-0.39, 0.29) is 5.70 Å². The molecule has 0 amide bonds. The highest BCUT2D eigenvalue weighted by Gasteiger charge is 2.14. The number of hydrogen-bond donors (Lipinski definition) is 1. The first-order valence-corrected chi connectivity index (χ1v) is 7.61. The van der Waals surface area contributed by atoms with Gasteiger partial charge in [0.1, 0.15) is 11.2 Å². The lowest BCUT2D eigenvalue weighted by atomic mass is 10.2. The van der Waals surface area contributed by atoms with E-state index in [4.69, 9.17) is 4.42 Å². The summed E-state index contributed by atoms with van der Waals surface area (Å²) in [6.07, 6.45) is 3.88. The maximum Gasteiger partial charge on any atom is 0.354 e. The van der Waals surface area contributed by atoms with Crippen LogP contribution in [0.4, 0.5) is 5.69 Å². The summed E-state index contributed by atoms with van der Waals surface area (Å²) in [7, 11) is 2.46. The van der Waals surface area contributed by atoms with Gasteiger partial charge in [-0.3, -0.25) is 0 Å². The number of benzene rings is 1. The highest BCUT2D eigenvalue weighted by atomic mass is 16.5. The molecule has 1 aromatic carbocycles. The van der Waals surface area contributed by atoms with Crippen LogP contribution in [0.15, 0.2) is 34.4 Å². The molecule has 24 heavy (non-hydrogen) atoms. The molecule has 2 aromatic rings. The van der Waals surface area contributed by atoms with Gasteiger partial charge in [0, 0.05) is 12.1 Å². The van der Waals surface area contributed by atoms with E-state index >= 15 is 0 Å². The molecule has 0 unspecified atom stereocenters. The van der Waals surface area contributed by atoms with Gasteiger partial charge in [-0.15, -0.1) is 0 Å². The second kappa shape index (κ2) is 8.14. The Morgan fingerprint density at radius 1 is 1.29 bits per heavy atom. The molecule has 0 fully saturated rings. The zero-order valence-electron chi connectivity index (χ0n) is 13.9. The van der Waals surface area contributed by atoms with Gasteiger partial charge in [0.25, 0.3) is 0 Å². The van der Waals surface area contributed by atoms with E-state index in [1.165, 1.54) is 14.2 Å². The monoisotopic (exact) mass is 332 g/mol. The number of hydrogen-bond acceptors (Lipinski definition) is 7. The van der Waals surface area contributed by atoms with Gasteiger partial charge < -0.3 is 19.2 Å². The second-order valence-corrected chi connectivity index (χ2v) is 5.09. The van der Waals surface area contributed by atoms with Gasteiger partial charge in [-0.05, 0) is 24.6 Å². The van der Waals surface area contributed by atoms with Crippen LogP contribution < -0.4 is 5.32 Å². The summed E-state index contributed by atoms with van der Waals surface area (Å²) in [6.45, 7) is 2.10. The molecule has 0 radical (unpaired) electrons. The molecule has 0 spiro atoms. The molecule has 0 aliphatic heterocycles. The Kier molecular flexibility index (Phi) is 5.95. The quantitative estimate of drug-likeness (QED) is 0.616. The number of ether oxygens (including phenoxy) is 2. The van der Waals surface area contributed by atoms with Crippen molar-refractivity contribution in [1.29, 1.82) is 0 Å². The third kappa shape index (κ3) is 4.34. The Hall–Kier alpha value is -2.83. The number of oxazole rings is 1. The van der Waals surface area contributed by atoms with Crippen molar-refractivity contribution in [3.8, 4) is 0 Å². The molecule has 7 nitrogen and oxygen atoms in total. The molecule has 0 aliphatic rings. The van der Waals surface area contributed by atoms with Gasteiger partial charge in [0.2, 0.25) is 0 Å². The van der Waals surface area contributed by atoms with Crippen LogP contribution in [-0.2, 0) is 25.5 Å². The number of carbonyl (C=O) groups excluding carboxylic acids is 2. The van der Waals surface area contributed by atoms with Crippen molar-refractivity contribution in [2.24, 2.45) is 0 Å². The fraction of sp³-hybridized carbons (Fsp3) is 0.353. The lowest BCUT2D eigenvalue weighted by molar-refractivity contribution is -0.138. The van der Waals surface area contributed by atoms with Crippen molar-refractivity contribution < 1.29 is 23.5 Å². The molecule has 0 atom stereocenters. The SMILES string of the molecule is CCCCc1nc2cc(N/C(=C/C(=O)OC)C(=O)OC)ccc2o1. The van der Waals surface area contributed by atoms with Gasteiger partial charge in [0.05, 0.1) is 20.3 Å². The molecule has 0 saturated heterocycles. The Balaban J connectivity index is 2.25. The van der Waals surface area contributed by atoms with E-state index in [9.17, 15) is 9.59 Å². The number of esters is 2. The Morgan fingerprint density at radius 3 is 2.75 bits per heavy atom. The van der Waals surface area contributed by atoms with Crippen LogP contribution in [0.5, 0.6) is 0 Å². The predicted octanol–water partition coefficient (Wildman–Crippen LogP) is 2.81. The third-order valence-electron chi connectivity index (χ3n) is 3.32. The average Bonchev–Trinajstić information content (AvgIpc) is 3.00. The summed E-state index contributed by atoms with van der Waals surface area (Å²) in [4.78, 5) is 27.6. The Morgan fingerprint density at radius 2 is 2.08 bits per heavy atom. The molecule has 0 saturated carbocycles. The Bertz CT molecular complexity index is 763. The number of fused-ring (bicyclic) bond motifs is 1. The van der Waals surface area contributed by atoms with Crippen molar-refractivity contribution in [2.75, 3.05) is 19.5 Å². The second-order valence-electron chi connectivity index (χ2n) is 5.09. The molecule has 128 valence electrons. The fourth-order valence-electron chi connectivity index (χ4n) is 2.08. The molecule has 2 rings (SSSR count). The van der Waals surface area contributed by atoms with Gasteiger partial charge in [-0.1, -0.05) is 13.3 Å². The number of methoxy groups -OCH3 is 2. The lowest BCUT2D eigenvalue weighted by Gasteiger charge is -2.08. The molecule has 7 heteroatoms. The molecule has 1 N–H and O–H groups in total. The van der Waals surface area contributed by atoms with E-state index in [2.05, 4.69) is 26.7 Å². The van der Waals surface area contributed by atoms with Crippen molar-refractivity contribution in [1.82, 2.24) is 4.98 Å². The standard InChI is InChI=1S/C17H20N2O5/c1-4-5-6-15-19-12-9-11(7-8-14(12)24-15)18-13(17(21)23-3)10-16(20)22-2/h7-10,18H,4-6H2,1-3H3/b13-10+. The van der Waals surface area contributed by atoms with E-state index in [0.717, 1.165) is 25.3 Å². The number of anilines is 1. The predicted molar refractivity (Wildman–Crippen MR) is 88.4 cm³/mol. The summed E-state index contributed by atoms with van der Waals surface area (Å²) in [5.41, 5.74) is 1.90. The topological polar surface area (TPSA) is 90.7 Å². The minimum Gasteiger partial charge on any atom is -0.466 e. The van der Waals surface area contributed by atoms with Crippen molar-refractivity contribution >= 4 is 28.7 Å². The first kappa shape index (κ1) is 17.5. The number of aromatic nitrogens is 1. The van der Waals surface area contributed by atoms with E-state index in [0.29, 0.717) is 22.7 Å². The number of aryl methyl sites for hydroxylation is 1. The zero-order valence-corrected chi connectivity index (χ0v) is 13.9. The molecular formula is C17H20N2O5. The summed E-state index contributed by atoms with van der Waals surface area (Å²) in [6, 6.07) is 5.22. The Labute approximate surface area is 139 Å². The smallest absolute Gasteiger partial charge is 0.354 e.